The minimum absolute atomic E-state index is 0.0866. The van der Waals surface area contributed by atoms with Gasteiger partial charge < -0.3 is 14.0 Å². The number of nitrogens with zero attached hydrogens (tertiary/aromatic N) is 6. The summed E-state index contributed by atoms with van der Waals surface area (Å²) in [5, 5.41) is 8.68. The number of likely N-dealkylation sites (tertiary alicyclic amines) is 1. The van der Waals surface area contributed by atoms with E-state index in [1.807, 2.05) is 22.4 Å². The lowest BCUT2D eigenvalue weighted by molar-refractivity contribution is 0.0698. The highest BCUT2D eigenvalue weighted by Gasteiger charge is 2.29. The van der Waals surface area contributed by atoms with Gasteiger partial charge in [0.1, 0.15) is 11.6 Å². The number of halogens is 1. The van der Waals surface area contributed by atoms with Crippen molar-refractivity contribution >= 4 is 5.91 Å². The third-order valence-electron chi connectivity index (χ3n) is 5.06. The van der Waals surface area contributed by atoms with Crippen molar-refractivity contribution in [1.29, 1.82) is 0 Å². The van der Waals surface area contributed by atoms with Crippen molar-refractivity contribution < 1.29 is 9.18 Å². The van der Waals surface area contributed by atoms with Gasteiger partial charge in [-0.25, -0.2) is 9.37 Å². The Labute approximate surface area is 156 Å². The number of piperidine rings is 1. The summed E-state index contributed by atoms with van der Waals surface area (Å²) in [5.74, 6) is 1.03. The number of hydrogen-bond acceptors (Lipinski definition) is 4. The van der Waals surface area contributed by atoms with E-state index in [-0.39, 0.29) is 17.4 Å². The highest BCUT2D eigenvalue weighted by molar-refractivity contribution is 5.94. The fourth-order valence-corrected chi connectivity index (χ4v) is 3.59. The van der Waals surface area contributed by atoms with Crippen molar-refractivity contribution in [3.63, 3.8) is 0 Å². The Morgan fingerprint density at radius 3 is 2.93 bits per heavy atom. The van der Waals surface area contributed by atoms with Gasteiger partial charge in [0.25, 0.3) is 5.91 Å². The lowest BCUT2D eigenvalue weighted by atomic mass is 9.96. The van der Waals surface area contributed by atoms with Crippen molar-refractivity contribution in [1.82, 2.24) is 29.2 Å². The first kappa shape index (κ1) is 17.4. The van der Waals surface area contributed by atoms with Crippen molar-refractivity contribution in [2.75, 3.05) is 13.1 Å². The number of imidazole rings is 1. The molecule has 1 aromatic carbocycles. The number of carbonyl (C=O) groups is 1. The van der Waals surface area contributed by atoms with E-state index < -0.39 is 5.82 Å². The number of amides is 1. The fourth-order valence-electron chi connectivity index (χ4n) is 3.59. The molecule has 8 heteroatoms. The van der Waals surface area contributed by atoms with Crippen LogP contribution in [0.4, 0.5) is 4.39 Å². The summed E-state index contributed by atoms with van der Waals surface area (Å²) in [4.78, 5) is 18.5. The zero-order chi connectivity index (χ0) is 18.8. The van der Waals surface area contributed by atoms with Gasteiger partial charge in [0.2, 0.25) is 0 Å². The van der Waals surface area contributed by atoms with Crippen LogP contribution in [-0.2, 0) is 13.6 Å². The van der Waals surface area contributed by atoms with Crippen molar-refractivity contribution in [2.24, 2.45) is 7.05 Å². The molecule has 7 nitrogen and oxygen atoms in total. The molecule has 1 aliphatic rings. The molecular formula is C19H21FN6O. The summed E-state index contributed by atoms with van der Waals surface area (Å²) in [7, 11) is 1.94. The molecular weight excluding hydrogens is 347 g/mol. The summed E-state index contributed by atoms with van der Waals surface area (Å²) in [6.07, 6.45) is 7.13. The molecule has 4 rings (SSSR count). The maximum absolute atomic E-state index is 14.0. The Bertz CT molecular complexity index is 936. The zero-order valence-corrected chi connectivity index (χ0v) is 15.1. The van der Waals surface area contributed by atoms with Crippen molar-refractivity contribution in [2.45, 2.75) is 25.3 Å². The first-order valence-corrected chi connectivity index (χ1v) is 9.01. The molecule has 0 radical (unpaired) electrons. The molecule has 1 aliphatic heterocycles. The Kier molecular flexibility index (Phi) is 4.70. The number of carbonyl (C=O) groups excluding carboxylic acids is 1. The van der Waals surface area contributed by atoms with Gasteiger partial charge in [-0.3, -0.25) is 4.79 Å². The first-order chi connectivity index (χ1) is 13.1. The molecule has 0 saturated carbocycles. The average Bonchev–Trinajstić information content (AvgIpc) is 3.32. The summed E-state index contributed by atoms with van der Waals surface area (Å²) in [5.41, 5.74) is 0.122. The molecule has 2 aromatic heterocycles. The molecule has 1 amide bonds. The predicted molar refractivity (Wildman–Crippen MR) is 96.6 cm³/mol. The molecule has 3 heterocycles. The second-order valence-corrected chi connectivity index (χ2v) is 6.84. The molecule has 0 N–H and O–H groups in total. The Balaban J connectivity index is 1.51. The highest BCUT2D eigenvalue weighted by Crippen LogP contribution is 2.27. The second-order valence-electron chi connectivity index (χ2n) is 6.84. The first-order valence-electron chi connectivity index (χ1n) is 9.01. The monoisotopic (exact) mass is 368 g/mol. The van der Waals surface area contributed by atoms with Crippen LogP contribution in [0.2, 0.25) is 0 Å². The lowest BCUT2D eigenvalue weighted by Gasteiger charge is -2.32. The van der Waals surface area contributed by atoms with Crippen LogP contribution in [0.5, 0.6) is 0 Å². The quantitative estimate of drug-likeness (QED) is 0.708. The van der Waals surface area contributed by atoms with Gasteiger partial charge in [-0.2, -0.15) is 0 Å². The number of hydrogen-bond donors (Lipinski definition) is 0. The maximum Gasteiger partial charge on any atom is 0.256 e. The predicted octanol–water partition coefficient (Wildman–Crippen LogP) is 2.22. The van der Waals surface area contributed by atoms with Crippen LogP contribution in [0, 0.1) is 5.82 Å². The Morgan fingerprint density at radius 2 is 2.15 bits per heavy atom. The Morgan fingerprint density at radius 1 is 1.30 bits per heavy atom. The minimum Gasteiger partial charge on any atom is -0.338 e. The van der Waals surface area contributed by atoms with Crippen LogP contribution in [0.25, 0.3) is 0 Å². The number of aromatic nitrogens is 5. The molecule has 140 valence electrons. The van der Waals surface area contributed by atoms with Crippen molar-refractivity contribution in [3.8, 4) is 0 Å². The van der Waals surface area contributed by atoms with Crippen LogP contribution in [0.1, 0.15) is 40.8 Å². The average molecular weight is 368 g/mol. The Hall–Kier alpha value is -3.03. The smallest absolute Gasteiger partial charge is 0.256 e. The zero-order valence-electron chi connectivity index (χ0n) is 15.1. The van der Waals surface area contributed by atoms with E-state index in [9.17, 15) is 9.18 Å². The molecule has 1 atom stereocenters. The van der Waals surface area contributed by atoms with E-state index in [0.717, 1.165) is 24.5 Å². The van der Waals surface area contributed by atoms with Gasteiger partial charge in [0, 0.05) is 38.4 Å². The SMILES string of the molecule is Cn1c(Cn2ccnc2)nnc1[C@@H]1CCCN(C(=O)c2ccccc2F)C1. The molecule has 0 unspecified atom stereocenters. The molecule has 0 spiro atoms. The summed E-state index contributed by atoms with van der Waals surface area (Å²) >= 11 is 0. The van der Waals surface area contributed by atoms with Gasteiger partial charge in [-0.15, -0.1) is 10.2 Å². The van der Waals surface area contributed by atoms with Gasteiger partial charge >= 0.3 is 0 Å². The summed E-state index contributed by atoms with van der Waals surface area (Å²) in [6.45, 7) is 1.74. The standard InChI is InChI=1S/C19H21FN6O/c1-24-17(12-25-10-8-21-13-25)22-23-18(24)14-5-4-9-26(11-14)19(27)15-6-2-3-7-16(15)20/h2-3,6-8,10,13-14H,4-5,9,11-12H2,1H3/t14-/m1/s1. The molecule has 3 aromatic rings. The van der Waals surface area contributed by atoms with Crippen LogP contribution in [-0.4, -0.2) is 48.2 Å². The van der Waals surface area contributed by atoms with Crippen LogP contribution < -0.4 is 0 Å². The van der Waals surface area contributed by atoms with Crippen LogP contribution in [0.15, 0.2) is 43.0 Å². The van der Waals surface area contributed by atoms with Gasteiger partial charge in [0.15, 0.2) is 5.82 Å². The van der Waals surface area contributed by atoms with Gasteiger partial charge in [0.05, 0.1) is 18.4 Å². The molecule has 27 heavy (non-hydrogen) atoms. The summed E-state index contributed by atoms with van der Waals surface area (Å²) in [6, 6.07) is 6.13. The largest absolute Gasteiger partial charge is 0.338 e. The van der Waals surface area contributed by atoms with Crippen molar-refractivity contribution in [3.05, 3.63) is 66.0 Å². The van der Waals surface area contributed by atoms with Crippen LogP contribution >= 0.6 is 0 Å². The lowest BCUT2D eigenvalue weighted by Crippen LogP contribution is -2.40. The van der Waals surface area contributed by atoms with Crippen LogP contribution in [0.3, 0.4) is 0 Å². The third kappa shape index (κ3) is 3.47. The van der Waals surface area contributed by atoms with E-state index >= 15 is 0 Å². The highest BCUT2D eigenvalue weighted by atomic mass is 19.1. The second kappa shape index (κ2) is 7.30. The van der Waals surface area contributed by atoms with E-state index in [4.69, 9.17) is 0 Å². The van der Waals surface area contributed by atoms with Gasteiger partial charge in [-0.1, -0.05) is 12.1 Å². The number of rotatable bonds is 4. The van der Waals surface area contributed by atoms with E-state index in [1.165, 1.54) is 12.1 Å². The van der Waals surface area contributed by atoms with E-state index in [0.29, 0.717) is 19.6 Å². The number of benzene rings is 1. The molecule has 0 bridgehead atoms. The fraction of sp³-hybridized carbons (Fsp3) is 0.368. The molecule has 1 saturated heterocycles. The maximum atomic E-state index is 14.0. The van der Waals surface area contributed by atoms with E-state index in [1.54, 1.807) is 29.6 Å². The third-order valence-corrected chi connectivity index (χ3v) is 5.06. The topological polar surface area (TPSA) is 68.8 Å². The van der Waals surface area contributed by atoms with E-state index in [2.05, 4.69) is 15.2 Å². The normalized spacial score (nSPS) is 17.3. The molecule has 0 aliphatic carbocycles. The minimum atomic E-state index is -0.481. The summed E-state index contributed by atoms with van der Waals surface area (Å²) < 4.78 is 17.9. The van der Waals surface area contributed by atoms with Gasteiger partial charge in [-0.05, 0) is 25.0 Å². The molecule has 1 fully saturated rings.